The van der Waals surface area contributed by atoms with Gasteiger partial charge in [-0.05, 0) is 55.4 Å². The van der Waals surface area contributed by atoms with Gasteiger partial charge in [-0.25, -0.2) is 4.57 Å². The van der Waals surface area contributed by atoms with E-state index in [-0.39, 0.29) is 19.1 Å². The number of anilines is 1. The maximum Gasteiger partial charge on any atom is 0.472 e. The second kappa shape index (κ2) is 27.6. The van der Waals surface area contributed by atoms with Crippen LogP contribution in [0, 0.1) is 0 Å². The molecular weight excluding hydrogens is 647 g/mol. The predicted molar refractivity (Wildman–Crippen MR) is 207 cm³/mol. The summed E-state index contributed by atoms with van der Waals surface area (Å²) in [6.07, 6.45) is 23.4. The number of quaternary nitrogens is 1. The Kier molecular flexibility index (Phi) is 24.3. The molecule has 9 heteroatoms. The van der Waals surface area contributed by atoms with Crippen LogP contribution in [0.1, 0.15) is 133 Å². The van der Waals surface area contributed by atoms with Gasteiger partial charge in [0.05, 0.1) is 34.4 Å². The highest BCUT2D eigenvalue weighted by atomic mass is 31.2. The third-order valence-electron chi connectivity index (χ3n) is 8.92. The van der Waals surface area contributed by atoms with Gasteiger partial charge in [0, 0.05) is 18.7 Å². The summed E-state index contributed by atoms with van der Waals surface area (Å²) in [6, 6.07) is 18.5. The number of phosphoric acid groups is 1. The van der Waals surface area contributed by atoms with Crippen LogP contribution in [-0.4, -0.2) is 62.8 Å². The largest absolute Gasteiger partial charge is 0.472 e. The first-order valence-corrected chi connectivity index (χ1v) is 21.1. The Bertz CT molecular complexity index is 1160. The van der Waals surface area contributed by atoms with E-state index in [0.717, 1.165) is 44.2 Å². The molecule has 2 rings (SSSR count). The van der Waals surface area contributed by atoms with Crippen LogP contribution < -0.4 is 5.32 Å². The van der Waals surface area contributed by atoms with Gasteiger partial charge < -0.3 is 19.4 Å². The first-order chi connectivity index (χ1) is 24.1. The molecule has 2 aromatic rings. The number of carbonyl (C=O) groups excluding carboxylic acids is 1. The van der Waals surface area contributed by atoms with Crippen molar-refractivity contribution < 1.29 is 32.5 Å². The summed E-state index contributed by atoms with van der Waals surface area (Å²) >= 11 is 0. The van der Waals surface area contributed by atoms with E-state index in [9.17, 15) is 14.3 Å². The topological polar surface area (TPSA) is 94.1 Å². The molecule has 0 aliphatic carbocycles. The van der Waals surface area contributed by atoms with Gasteiger partial charge in [0.2, 0.25) is 5.91 Å². The predicted octanol–water partition coefficient (Wildman–Crippen LogP) is 10.6. The van der Waals surface area contributed by atoms with Gasteiger partial charge in [0.1, 0.15) is 13.2 Å². The summed E-state index contributed by atoms with van der Waals surface area (Å²) in [5.74, 6) is 0.0697. The molecule has 0 bridgehead atoms. The lowest BCUT2D eigenvalue weighted by atomic mass is 10.0. The number of unbranched alkanes of at least 4 members (excludes halogenated alkanes) is 16. The van der Waals surface area contributed by atoms with E-state index in [1.807, 2.05) is 51.5 Å². The number of benzene rings is 2. The maximum absolute atomic E-state index is 12.3. The first-order valence-electron chi connectivity index (χ1n) is 19.6. The quantitative estimate of drug-likeness (QED) is 0.0444. The fourth-order valence-electron chi connectivity index (χ4n) is 5.79. The van der Waals surface area contributed by atoms with Gasteiger partial charge in [0.15, 0.2) is 0 Å². The van der Waals surface area contributed by atoms with Crippen LogP contribution in [0.5, 0.6) is 0 Å². The molecule has 8 nitrogen and oxygen atoms in total. The van der Waals surface area contributed by atoms with E-state index in [4.69, 9.17) is 13.8 Å². The fraction of sp³-hybridized carbons (Fsp3) is 0.683. The first kappa shape index (κ1) is 44.1. The molecule has 2 N–H and O–H groups in total. The van der Waals surface area contributed by atoms with E-state index >= 15 is 0 Å². The van der Waals surface area contributed by atoms with Crippen molar-refractivity contribution in [3.8, 4) is 0 Å². The van der Waals surface area contributed by atoms with Gasteiger partial charge in [-0.2, -0.15) is 0 Å². The molecule has 1 atom stereocenters. The van der Waals surface area contributed by atoms with Crippen molar-refractivity contribution in [2.24, 2.45) is 0 Å². The number of hydrogen-bond donors (Lipinski definition) is 2. The minimum atomic E-state index is -3.92. The lowest BCUT2D eigenvalue weighted by Gasteiger charge is -2.24. The maximum atomic E-state index is 12.3. The van der Waals surface area contributed by atoms with Crippen molar-refractivity contribution in [3.05, 3.63) is 65.7 Å². The van der Waals surface area contributed by atoms with E-state index in [0.29, 0.717) is 30.7 Å². The van der Waals surface area contributed by atoms with Gasteiger partial charge in [-0.15, -0.1) is 0 Å². The average molecular weight is 718 g/mol. The van der Waals surface area contributed by atoms with Crippen molar-refractivity contribution in [3.63, 3.8) is 0 Å². The van der Waals surface area contributed by atoms with Crippen molar-refractivity contribution in [2.75, 3.05) is 52.8 Å². The number of ether oxygens (including phenoxy) is 1. The molecule has 0 heterocycles. The molecule has 2 aromatic carbocycles. The van der Waals surface area contributed by atoms with E-state index < -0.39 is 7.82 Å². The van der Waals surface area contributed by atoms with E-state index in [1.54, 1.807) is 0 Å². The van der Waals surface area contributed by atoms with Gasteiger partial charge in [-0.3, -0.25) is 13.8 Å². The molecule has 0 radical (unpaired) electrons. The lowest BCUT2D eigenvalue weighted by molar-refractivity contribution is -0.870. The van der Waals surface area contributed by atoms with Crippen LogP contribution in [0.15, 0.2) is 54.6 Å². The number of nitrogens with one attached hydrogen (secondary N) is 1. The smallest absolute Gasteiger partial charge is 0.377 e. The van der Waals surface area contributed by atoms with Gasteiger partial charge in [0.25, 0.3) is 0 Å². The van der Waals surface area contributed by atoms with E-state index in [1.165, 1.54) is 94.6 Å². The Morgan fingerprint density at radius 3 is 1.68 bits per heavy atom. The third-order valence-corrected chi connectivity index (χ3v) is 9.94. The standard InChI is InChI=1S/C41H69N2O6P/c1-43(2,3)33-36-49-50(45,46)48-35-23-17-15-13-11-9-7-5-4-6-8-10-12-14-16-19-25-38-29-31-40(32-30-38)42-41(44)28-22-24-34-47-37-39-26-20-18-21-27-39/h18,20-21,26-27,29-32H,4-17,19,22-25,28,33-37H2,1-3H3,(H-,42,44,45,46)/p+1. The van der Waals surface area contributed by atoms with Crippen LogP contribution in [0.2, 0.25) is 0 Å². The molecule has 50 heavy (non-hydrogen) atoms. The van der Waals surface area contributed by atoms with Crippen molar-refractivity contribution in [2.45, 2.75) is 135 Å². The summed E-state index contributed by atoms with van der Waals surface area (Å²) in [7, 11) is 2.13. The molecule has 0 aliphatic rings. The third kappa shape index (κ3) is 25.8. The molecule has 0 aromatic heterocycles. The summed E-state index contributed by atoms with van der Waals surface area (Å²) in [6.45, 7) is 2.46. The molecule has 0 saturated heterocycles. The fourth-order valence-corrected chi connectivity index (χ4v) is 6.53. The van der Waals surface area contributed by atoms with Crippen LogP contribution in [0.25, 0.3) is 0 Å². The summed E-state index contributed by atoms with van der Waals surface area (Å²) in [4.78, 5) is 22.0. The number of rotatable bonds is 32. The van der Waals surface area contributed by atoms with Gasteiger partial charge in [-0.1, -0.05) is 132 Å². The monoisotopic (exact) mass is 717 g/mol. The molecule has 0 aliphatic heterocycles. The normalized spacial score (nSPS) is 13.0. The summed E-state index contributed by atoms with van der Waals surface area (Å²) in [5, 5.41) is 3.02. The van der Waals surface area contributed by atoms with Crippen LogP contribution in [0.4, 0.5) is 5.69 Å². The Morgan fingerprint density at radius 1 is 0.620 bits per heavy atom. The number of hydrogen-bond acceptors (Lipinski definition) is 5. The second-order valence-electron chi connectivity index (χ2n) is 14.8. The molecule has 1 amide bonds. The highest BCUT2D eigenvalue weighted by Crippen LogP contribution is 2.43. The molecule has 0 spiro atoms. The van der Waals surface area contributed by atoms with Crippen LogP contribution >= 0.6 is 7.82 Å². The zero-order valence-corrected chi connectivity index (χ0v) is 32.7. The average Bonchev–Trinajstić information content (AvgIpc) is 3.08. The lowest BCUT2D eigenvalue weighted by Crippen LogP contribution is -2.37. The van der Waals surface area contributed by atoms with Crippen molar-refractivity contribution in [1.82, 2.24) is 0 Å². The number of carbonyl (C=O) groups is 1. The summed E-state index contributed by atoms with van der Waals surface area (Å²) < 4.78 is 28.4. The minimum Gasteiger partial charge on any atom is -0.377 e. The number of aryl methyl sites for hydroxylation is 1. The Balaban J connectivity index is 1.30. The number of likely N-dealkylation sites (N-methyl/N-ethyl adjacent to an activating group) is 1. The minimum absolute atomic E-state index is 0.0697. The summed E-state index contributed by atoms with van der Waals surface area (Å²) in [5.41, 5.74) is 3.40. The molecule has 284 valence electrons. The molecule has 0 fully saturated rings. The van der Waals surface area contributed by atoms with E-state index in [2.05, 4.69) is 29.6 Å². The SMILES string of the molecule is C[N+](C)(C)CCOP(=O)(O)OCCCCCCCCCCCCCCCCCCc1ccc(NC(=O)CCCCOCc2ccccc2)cc1. The zero-order valence-electron chi connectivity index (χ0n) is 31.8. The molecule has 0 saturated carbocycles. The zero-order chi connectivity index (χ0) is 36.2. The molecule has 1 unspecified atom stereocenters. The second-order valence-corrected chi connectivity index (χ2v) is 16.2. The van der Waals surface area contributed by atoms with Crippen LogP contribution in [-0.2, 0) is 36.2 Å². The Labute approximate surface area is 304 Å². The van der Waals surface area contributed by atoms with Gasteiger partial charge >= 0.3 is 7.82 Å². The van der Waals surface area contributed by atoms with Crippen LogP contribution in [0.3, 0.4) is 0 Å². The number of phosphoric ester groups is 1. The number of nitrogens with zero attached hydrogens (tertiary/aromatic N) is 1. The molecular formula is C41H70N2O6P+. The highest BCUT2D eigenvalue weighted by molar-refractivity contribution is 7.47. The van der Waals surface area contributed by atoms with Crippen molar-refractivity contribution >= 4 is 19.4 Å². The van der Waals surface area contributed by atoms with Crippen molar-refractivity contribution in [1.29, 1.82) is 0 Å². The highest BCUT2D eigenvalue weighted by Gasteiger charge is 2.22. The number of amides is 1. The Morgan fingerprint density at radius 2 is 1.12 bits per heavy atom. The Hall–Kier alpha value is -2.06.